The van der Waals surface area contributed by atoms with Gasteiger partial charge in [-0.2, -0.15) is 5.26 Å². The van der Waals surface area contributed by atoms with Crippen LogP contribution in [-0.4, -0.2) is 10.9 Å². The predicted molar refractivity (Wildman–Crippen MR) is 66.2 cm³/mol. The Morgan fingerprint density at radius 3 is 3.00 bits per heavy atom. The number of nitriles is 1. The van der Waals surface area contributed by atoms with E-state index in [1.54, 1.807) is 13.0 Å². The molecule has 6 heteroatoms. The van der Waals surface area contributed by atoms with Crippen molar-refractivity contribution in [3.8, 4) is 6.07 Å². The van der Waals surface area contributed by atoms with E-state index in [-0.39, 0.29) is 12.5 Å². The summed E-state index contributed by atoms with van der Waals surface area (Å²) in [5.74, 6) is 0.267. The van der Waals surface area contributed by atoms with Gasteiger partial charge in [0.1, 0.15) is 16.7 Å². The maximum Gasteiger partial charge on any atom is 0.263 e. The smallest absolute Gasteiger partial charge is 0.263 e. The number of carbonyl (C=O) groups excluding carboxylic acids is 1. The monoisotopic (exact) mass is 261 g/mol. The van der Waals surface area contributed by atoms with Crippen LogP contribution in [0.4, 0.5) is 0 Å². The van der Waals surface area contributed by atoms with Crippen molar-refractivity contribution in [2.75, 3.05) is 0 Å². The van der Waals surface area contributed by atoms with Crippen LogP contribution in [0.2, 0.25) is 0 Å². The summed E-state index contributed by atoms with van der Waals surface area (Å²) in [7, 11) is 0. The van der Waals surface area contributed by atoms with Gasteiger partial charge in [-0.05, 0) is 19.9 Å². The van der Waals surface area contributed by atoms with Gasteiger partial charge in [0, 0.05) is 0 Å². The molecule has 0 spiro atoms. The second-order valence-electron chi connectivity index (χ2n) is 3.70. The molecule has 0 aromatic carbocycles. The number of hydrogen-bond donors (Lipinski definition) is 1. The lowest BCUT2D eigenvalue weighted by Gasteiger charge is -2.01. The van der Waals surface area contributed by atoms with Crippen molar-refractivity contribution in [1.82, 2.24) is 10.3 Å². The number of aryl methyl sites for hydroxylation is 2. The van der Waals surface area contributed by atoms with Crippen LogP contribution in [0.3, 0.4) is 0 Å². The SMILES string of the molecule is Cc1nc(C)c(C(=O)NCc2occc2C#N)s1. The van der Waals surface area contributed by atoms with E-state index < -0.39 is 0 Å². The maximum atomic E-state index is 11.9. The molecule has 5 nitrogen and oxygen atoms in total. The Kier molecular flexibility index (Phi) is 3.44. The minimum atomic E-state index is -0.196. The molecule has 2 aromatic heterocycles. The summed E-state index contributed by atoms with van der Waals surface area (Å²) in [6, 6.07) is 3.57. The number of aromatic nitrogens is 1. The van der Waals surface area contributed by atoms with E-state index in [0.717, 1.165) is 10.7 Å². The average Bonchev–Trinajstić information content (AvgIpc) is 2.92. The third-order valence-electron chi connectivity index (χ3n) is 2.39. The summed E-state index contributed by atoms with van der Waals surface area (Å²) in [5, 5.41) is 12.4. The molecule has 0 bridgehead atoms. The van der Waals surface area contributed by atoms with E-state index in [9.17, 15) is 4.79 Å². The summed E-state index contributed by atoms with van der Waals surface area (Å²) in [5.41, 5.74) is 1.16. The molecule has 0 atom stereocenters. The van der Waals surface area contributed by atoms with E-state index in [1.165, 1.54) is 17.6 Å². The molecular weight excluding hydrogens is 250 g/mol. The number of carbonyl (C=O) groups is 1. The van der Waals surface area contributed by atoms with Gasteiger partial charge in [-0.1, -0.05) is 0 Å². The van der Waals surface area contributed by atoms with Crippen LogP contribution >= 0.6 is 11.3 Å². The number of amides is 1. The topological polar surface area (TPSA) is 78.9 Å². The minimum absolute atomic E-state index is 0.196. The molecule has 2 heterocycles. The molecule has 0 radical (unpaired) electrons. The van der Waals surface area contributed by atoms with Crippen LogP contribution < -0.4 is 5.32 Å². The molecule has 0 saturated carbocycles. The van der Waals surface area contributed by atoms with Crippen LogP contribution in [-0.2, 0) is 6.54 Å². The van der Waals surface area contributed by atoms with Crippen LogP contribution in [0, 0.1) is 25.2 Å². The van der Waals surface area contributed by atoms with Gasteiger partial charge in [0.2, 0.25) is 0 Å². The number of nitrogens with zero attached hydrogens (tertiary/aromatic N) is 2. The van der Waals surface area contributed by atoms with E-state index >= 15 is 0 Å². The van der Waals surface area contributed by atoms with Gasteiger partial charge in [0.25, 0.3) is 5.91 Å². The molecule has 2 aromatic rings. The summed E-state index contributed by atoms with van der Waals surface area (Å²) in [6.07, 6.45) is 1.43. The van der Waals surface area contributed by atoms with E-state index in [1.807, 2.05) is 13.0 Å². The van der Waals surface area contributed by atoms with Crippen molar-refractivity contribution in [2.24, 2.45) is 0 Å². The first kappa shape index (κ1) is 12.3. The summed E-state index contributed by atoms with van der Waals surface area (Å²) in [4.78, 5) is 16.7. The van der Waals surface area contributed by atoms with Gasteiger partial charge in [-0.25, -0.2) is 4.98 Å². The first-order valence-corrected chi connectivity index (χ1v) is 6.12. The van der Waals surface area contributed by atoms with Crippen molar-refractivity contribution < 1.29 is 9.21 Å². The van der Waals surface area contributed by atoms with E-state index in [4.69, 9.17) is 9.68 Å². The molecule has 0 aliphatic rings. The molecule has 0 saturated heterocycles. The zero-order valence-electron chi connectivity index (χ0n) is 9.98. The lowest BCUT2D eigenvalue weighted by molar-refractivity contribution is 0.0951. The Bertz CT molecular complexity index is 622. The normalized spacial score (nSPS) is 10.1. The van der Waals surface area contributed by atoms with Gasteiger partial charge in [-0.3, -0.25) is 4.79 Å². The Hall–Kier alpha value is -2.13. The molecule has 2 rings (SSSR count). The largest absolute Gasteiger partial charge is 0.466 e. The van der Waals surface area contributed by atoms with Gasteiger partial charge >= 0.3 is 0 Å². The summed E-state index contributed by atoms with van der Waals surface area (Å²) in [6.45, 7) is 3.85. The highest BCUT2D eigenvalue weighted by Gasteiger charge is 2.14. The standard InChI is InChI=1S/C12H11N3O2S/c1-7-11(18-8(2)15-7)12(16)14-6-10-9(5-13)3-4-17-10/h3-4H,6H2,1-2H3,(H,14,16). The lowest BCUT2D eigenvalue weighted by Crippen LogP contribution is -2.22. The van der Waals surface area contributed by atoms with Crippen LogP contribution in [0.25, 0.3) is 0 Å². The Morgan fingerprint density at radius 2 is 2.39 bits per heavy atom. The van der Waals surface area contributed by atoms with Crippen molar-refractivity contribution in [2.45, 2.75) is 20.4 Å². The maximum absolute atomic E-state index is 11.9. The second kappa shape index (κ2) is 5.02. The highest BCUT2D eigenvalue weighted by molar-refractivity contribution is 7.13. The Morgan fingerprint density at radius 1 is 1.61 bits per heavy atom. The van der Waals surface area contributed by atoms with Crippen molar-refractivity contribution in [3.05, 3.63) is 39.2 Å². The number of hydrogen-bond acceptors (Lipinski definition) is 5. The molecule has 0 aliphatic heterocycles. The van der Waals surface area contributed by atoms with Gasteiger partial charge in [-0.15, -0.1) is 11.3 Å². The number of rotatable bonds is 3. The van der Waals surface area contributed by atoms with Crippen molar-refractivity contribution in [3.63, 3.8) is 0 Å². The van der Waals surface area contributed by atoms with Gasteiger partial charge in [0.15, 0.2) is 0 Å². The Labute approximate surface area is 108 Å². The summed E-state index contributed by atoms with van der Waals surface area (Å²) < 4.78 is 5.13. The minimum Gasteiger partial charge on any atom is -0.466 e. The predicted octanol–water partition coefficient (Wildman–Crippen LogP) is 2.15. The molecule has 1 amide bonds. The first-order chi connectivity index (χ1) is 8.61. The second-order valence-corrected chi connectivity index (χ2v) is 4.90. The number of thiazole rings is 1. The van der Waals surface area contributed by atoms with Crippen molar-refractivity contribution >= 4 is 17.2 Å². The zero-order chi connectivity index (χ0) is 13.1. The zero-order valence-corrected chi connectivity index (χ0v) is 10.8. The van der Waals surface area contributed by atoms with E-state index in [2.05, 4.69) is 10.3 Å². The van der Waals surface area contributed by atoms with Crippen LogP contribution in [0.15, 0.2) is 16.7 Å². The third-order valence-corrected chi connectivity index (χ3v) is 3.46. The summed E-state index contributed by atoms with van der Waals surface area (Å²) >= 11 is 1.35. The Balaban J connectivity index is 2.05. The highest BCUT2D eigenvalue weighted by Crippen LogP contribution is 2.17. The fraction of sp³-hybridized carbons (Fsp3) is 0.250. The molecule has 0 unspecified atom stereocenters. The van der Waals surface area contributed by atoms with E-state index in [0.29, 0.717) is 16.2 Å². The van der Waals surface area contributed by atoms with Gasteiger partial charge < -0.3 is 9.73 Å². The lowest BCUT2D eigenvalue weighted by atomic mass is 10.2. The van der Waals surface area contributed by atoms with Gasteiger partial charge in [0.05, 0.1) is 29.1 Å². The molecular formula is C12H11N3O2S. The average molecular weight is 261 g/mol. The van der Waals surface area contributed by atoms with Crippen molar-refractivity contribution in [1.29, 1.82) is 5.26 Å². The fourth-order valence-corrected chi connectivity index (χ4v) is 2.40. The highest BCUT2D eigenvalue weighted by atomic mass is 32.1. The fourth-order valence-electron chi connectivity index (χ4n) is 1.56. The molecule has 0 fully saturated rings. The molecule has 92 valence electrons. The molecule has 0 aliphatic carbocycles. The quantitative estimate of drug-likeness (QED) is 0.918. The molecule has 1 N–H and O–H groups in total. The number of nitrogens with one attached hydrogen (secondary N) is 1. The van der Waals surface area contributed by atoms with Crippen LogP contribution in [0.1, 0.15) is 31.7 Å². The third kappa shape index (κ3) is 2.41. The first-order valence-electron chi connectivity index (χ1n) is 5.30. The number of furan rings is 1. The van der Waals surface area contributed by atoms with Crippen LogP contribution in [0.5, 0.6) is 0 Å². The molecule has 18 heavy (non-hydrogen) atoms.